The van der Waals surface area contributed by atoms with E-state index in [1.807, 2.05) is 14.1 Å². The van der Waals surface area contributed by atoms with Crippen LogP contribution < -0.4 is 11.1 Å². The van der Waals surface area contributed by atoms with Crippen LogP contribution in [-0.2, 0) is 4.74 Å². The monoisotopic (exact) mass is 303 g/mol. The molecule has 0 spiro atoms. The van der Waals surface area contributed by atoms with E-state index in [9.17, 15) is 0 Å². The van der Waals surface area contributed by atoms with Gasteiger partial charge >= 0.3 is 0 Å². The molecule has 0 amide bonds. The summed E-state index contributed by atoms with van der Waals surface area (Å²) in [4.78, 5) is 10.0. The lowest BCUT2D eigenvalue weighted by Crippen LogP contribution is -2.20. The van der Waals surface area contributed by atoms with Gasteiger partial charge in [0.05, 0.1) is 13.2 Å². The molecule has 0 atom stereocenters. The first kappa shape index (κ1) is 14.1. The highest BCUT2D eigenvalue weighted by Crippen LogP contribution is 2.23. The SMILES string of the molecule is CN(C)CCOCCNc1ncnc(N)c1Br. The fourth-order valence-electron chi connectivity index (χ4n) is 1.10. The third-order valence-corrected chi connectivity index (χ3v) is 2.82. The molecule has 6 nitrogen and oxygen atoms in total. The molecule has 0 unspecified atom stereocenters. The number of nitrogens with zero attached hydrogens (tertiary/aromatic N) is 3. The van der Waals surface area contributed by atoms with E-state index >= 15 is 0 Å². The summed E-state index contributed by atoms with van der Waals surface area (Å²) in [6.07, 6.45) is 1.43. The molecule has 0 bridgehead atoms. The van der Waals surface area contributed by atoms with Crippen molar-refractivity contribution in [3.05, 3.63) is 10.8 Å². The summed E-state index contributed by atoms with van der Waals surface area (Å²) in [5, 5.41) is 3.13. The molecule has 1 aromatic rings. The van der Waals surface area contributed by atoms with E-state index in [1.54, 1.807) is 0 Å². The Morgan fingerprint density at radius 3 is 2.88 bits per heavy atom. The maximum Gasteiger partial charge on any atom is 0.146 e. The first-order valence-electron chi connectivity index (χ1n) is 5.33. The minimum absolute atomic E-state index is 0.427. The Hall–Kier alpha value is -0.920. The Kier molecular flexibility index (Phi) is 6.17. The number of aromatic nitrogens is 2. The summed E-state index contributed by atoms with van der Waals surface area (Å²) < 4.78 is 6.13. The molecule has 0 saturated carbocycles. The van der Waals surface area contributed by atoms with Crippen LogP contribution in [0.2, 0.25) is 0 Å². The van der Waals surface area contributed by atoms with Crippen molar-refractivity contribution in [1.82, 2.24) is 14.9 Å². The van der Waals surface area contributed by atoms with Crippen LogP contribution in [0.3, 0.4) is 0 Å². The first-order chi connectivity index (χ1) is 8.11. The molecule has 17 heavy (non-hydrogen) atoms. The minimum Gasteiger partial charge on any atom is -0.383 e. The van der Waals surface area contributed by atoms with Gasteiger partial charge in [-0.15, -0.1) is 0 Å². The van der Waals surface area contributed by atoms with E-state index in [0.717, 1.165) is 13.2 Å². The average molecular weight is 304 g/mol. The molecular formula is C10H18BrN5O. The van der Waals surface area contributed by atoms with Crippen LogP contribution in [0, 0.1) is 0 Å². The van der Waals surface area contributed by atoms with E-state index < -0.39 is 0 Å². The lowest BCUT2D eigenvalue weighted by Gasteiger charge is -2.11. The van der Waals surface area contributed by atoms with Gasteiger partial charge in [-0.2, -0.15) is 0 Å². The van der Waals surface area contributed by atoms with Crippen LogP contribution in [-0.4, -0.2) is 55.3 Å². The van der Waals surface area contributed by atoms with Crippen molar-refractivity contribution in [1.29, 1.82) is 0 Å². The van der Waals surface area contributed by atoms with Crippen molar-refractivity contribution in [2.75, 3.05) is 51.4 Å². The molecule has 0 fully saturated rings. The number of nitrogens with two attached hydrogens (primary N) is 1. The molecule has 0 saturated heterocycles. The summed E-state index contributed by atoms with van der Waals surface area (Å²) in [7, 11) is 4.03. The second kappa shape index (κ2) is 7.41. The molecule has 1 rings (SSSR count). The molecule has 0 radical (unpaired) electrons. The molecule has 96 valence electrons. The standard InChI is InChI=1S/C10H18BrN5O/c1-16(2)4-6-17-5-3-13-10-8(11)9(12)14-7-15-10/h7H,3-6H2,1-2H3,(H3,12,13,14,15). The molecular weight excluding hydrogens is 286 g/mol. The lowest BCUT2D eigenvalue weighted by atomic mass is 10.5. The Balaban J connectivity index is 2.20. The Morgan fingerprint density at radius 2 is 2.18 bits per heavy atom. The van der Waals surface area contributed by atoms with Gasteiger partial charge in [0.25, 0.3) is 0 Å². The van der Waals surface area contributed by atoms with Gasteiger partial charge in [0.1, 0.15) is 22.4 Å². The van der Waals surface area contributed by atoms with Crippen LogP contribution in [0.1, 0.15) is 0 Å². The van der Waals surface area contributed by atoms with E-state index in [-0.39, 0.29) is 0 Å². The molecule has 3 N–H and O–H groups in total. The summed E-state index contributed by atoms with van der Waals surface area (Å²) in [5.74, 6) is 1.12. The number of rotatable bonds is 7. The lowest BCUT2D eigenvalue weighted by molar-refractivity contribution is 0.126. The van der Waals surface area contributed by atoms with Crippen molar-refractivity contribution >= 4 is 27.6 Å². The topological polar surface area (TPSA) is 76.3 Å². The second-order valence-corrected chi connectivity index (χ2v) is 4.56. The van der Waals surface area contributed by atoms with Crippen LogP contribution in [0.5, 0.6) is 0 Å². The van der Waals surface area contributed by atoms with Gasteiger partial charge < -0.3 is 20.7 Å². The fraction of sp³-hybridized carbons (Fsp3) is 0.600. The first-order valence-corrected chi connectivity index (χ1v) is 6.13. The van der Waals surface area contributed by atoms with Gasteiger partial charge in [0.15, 0.2) is 0 Å². The van der Waals surface area contributed by atoms with Gasteiger partial charge in [-0.1, -0.05) is 0 Å². The maximum absolute atomic E-state index is 5.63. The zero-order valence-electron chi connectivity index (χ0n) is 10.1. The van der Waals surface area contributed by atoms with Crippen LogP contribution in [0.15, 0.2) is 10.8 Å². The number of ether oxygens (including phenoxy) is 1. The Bertz CT molecular complexity index is 347. The minimum atomic E-state index is 0.427. The zero-order chi connectivity index (χ0) is 12.7. The van der Waals surface area contributed by atoms with Crippen LogP contribution in [0.25, 0.3) is 0 Å². The van der Waals surface area contributed by atoms with E-state index in [0.29, 0.717) is 29.3 Å². The fourth-order valence-corrected chi connectivity index (χ4v) is 1.44. The number of nitrogen functional groups attached to an aromatic ring is 1. The van der Waals surface area contributed by atoms with Crippen LogP contribution in [0.4, 0.5) is 11.6 Å². The van der Waals surface area contributed by atoms with Crippen molar-refractivity contribution in [2.24, 2.45) is 0 Å². The molecule has 0 aliphatic heterocycles. The zero-order valence-corrected chi connectivity index (χ0v) is 11.7. The molecule has 0 aliphatic rings. The molecule has 7 heteroatoms. The largest absolute Gasteiger partial charge is 0.383 e. The van der Waals surface area contributed by atoms with Crippen molar-refractivity contribution in [3.63, 3.8) is 0 Å². The summed E-state index contributed by atoms with van der Waals surface area (Å²) in [5.41, 5.74) is 5.63. The van der Waals surface area contributed by atoms with E-state index in [4.69, 9.17) is 10.5 Å². The van der Waals surface area contributed by atoms with Gasteiger partial charge in [-0.25, -0.2) is 9.97 Å². The quantitative estimate of drug-likeness (QED) is 0.726. The van der Waals surface area contributed by atoms with Gasteiger partial charge in [-0.3, -0.25) is 0 Å². The number of halogens is 1. The van der Waals surface area contributed by atoms with E-state index in [2.05, 4.69) is 36.1 Å². The predicted octanol–water partition coefficient (Wildman–Crippen LogP) is 0.811. The molecule has 1 heterocycles. The number of hydrogen-bond donors (Lipinski definition) is 2. The van der Waals surface area contributed by atoms with Crippen molar-refractivity contribution in [2.45, 2.75) is 0 Å². The highest BCUT2D eigenvalue weighted by molar-refractivity contribution is 9.10. The summed E-state index contributed by atoms with van der Waals surface area (Å²) >= 11 is 3.32. The predicted molar refractivity (Wildman–Crippen MR) is 72.0 cm³/mol. The highest BCUT2D eigenvalue weighted by atomic mass is 79.9. The normalized spacial score (nSPS) is 10.8. The number of anilines is 2. The maximum atomic E-state index is 5.63. The second-order valence-electron chi connectivity index (χ2n) is 3.76. The van der Waals surface area contributed by atoms with Gasteiger partial charge in [0, 0.05) is 13.1 Å². The third-order valence-electron chi connectivity index (χ3n) is 2.04. The van der Waals surface area contributed by atoms with Crippen molar-refractivity contribution in [3.8, 4) is 0 Å². The molecule has 0 aliphatic carbocycles. The number of nitrogens with one attached hydrogen (secondary N) is 1. The summed E-state index contributed by atoms with van der Waals surface area (Å²) in [6, 6.07) is 0. The third kappa shape index (κ3) is 5.29. The van der Waals surface area contributed by atoms with Gasteiger partial charge in [0.2, 0.25) is 0 Å². The van der Waals surface area contributed by atoms with Gasteiger partial charge in [-0.05, 0) is 30.0 Å². The molecule has 0 aromatic carbocycles. The molecule has 1 aromatic heterocycles. The summed E-state index contributed by atoms with van der Waals surface area (Å²) in [6.45, 7) is 2.96. The van der Waals surface area contributed by atoms with Crippen molar-refractivity contribution < 1.29 is 4.74 Å². The number of likely N-dealkylation sites (N-methyl/N-ethyl adjacent to an activating group) is 1. The highest BCUT2D eigenvalue weighted by Gasteiger charge is 2.04. The number of hydrogen-bond acceptors (Lipinski definition) is 6. The smallest absolute Gasteiger partial charge is 0.146 e. The average Bonchev–Trinajstić information content (AvgIpc) is 2.28. The Labute approximate surface area is 110 Å². The van der Waals surface area contributed by atoms with E-state index in [1.165, 1.54) is 6.33 Å². The van der Waals surface area contributed by atoms with Crippen LogP contribution >= 0.6 is 15.9 Å². The Morgan fingerprint density at radius 1 is 1.41 bits per heavy atom.